The number of hydrogen-bond acceptors (Lipinski definition) is 2. The highest BCUT2D eigenvalue weighted by molar-refractivity contribution is 6.18. The Kier molecular flexibility index (Phi) is 4.59. The molecule has 1 unspecified atom stereocenters. The van der Waals surface area contributed by atoms with Crippen molar-refractivity contribution in [2.75, 3.05) is 12.4 Å². The molecule has 1 rings (SSSR count). The van der Waals surface area contributed by atoms with Crippen LogP contribution in [-0.4, -0.2) is 40.3 Å². The molecule has 1 fully saturated rings. The maximum atomic E-state index is 11.7. The molecule has 1 N–H and O–H groups in total. The van der Waals surface area contributed by atoms with Gasteiger partial charge < -0.3 is 10.0 Å². The Morgan fingerprint density at radius 3 is 2.62 bits per heavy atom. The first kappa shape index (κ1) is 13.3. The van der Waals surface area contributed by atoms with Gasteiger partial charge in [-0.3, -0.25) is 4.79 Å². The van der Waals surface area contributed by atoms with E-state index in [0.29, 0.717) is 25.3 Å². The summed E-state index contributed by atoms with van der Waals surface area (Å²) >= 11 is 5.70. The fourth-order valence-corrected chi connectivity index (χ4v) is 2.23. The molecule has 0 aromatic heterocycles. The number of carbonyl (C=O) groups excluding carboxylic acids is 1. The zero-order chi connectivity index (χ0) is 12.3. The number of carboxylic acids is 1. The molecule has 0 aromatic carbocycles. The van der Waals surface area contributed by atoms with Gasteiger partial charge >= 0.3 is 5.97 Å². The molecule has 1 heterocycles. The normalized spacial score (nSPS) is 22.9. The van der Waals surface area contributed by atoms with Crippen molar-refractivity contribution in [2.24, 2.45) is 11.8 Å². The van der Waals surface area contributed by atoms with E-state index in [1.165, 1.54) is 4.90 Å². The zero-order valence-corrected chi connectivity index (χ0v) is 10.4. The second kappa shape index (κ2) is 5.53. The second-order valence-corrected chi connectivity index (χ2v) is 5.06. The van der Waals surface area contributed by atoms with Crippen molar-refractivity contribution in [3.63, 3.8) is 0 Å². The van der Waals surface area contributed by atoms with Crippen LogP contribution in [0.1, 0.15) is 26.7 Å². The van der Waals surface area contributed by atoms with E-state index in [1.54, 1.807) is 0 Å². The number of aliphatic carboxylic acids is 1. The lowest BCUT2D eigenvalue weighted by Crippen LogP contribution is -2.43. The van der Waals surface area contributed by atoms with Crippen LogP contribution in [-0.2, 0) is 9.59 Å². The maximum Gasteiger partial charge on any atom is 0.326 e. The Morgan fingerprint density at radius 2 is 2.25 bits per heavy atom. The molecule has 0 saturated carbocycles. The van der Waals surface area contributed by atoms with Crippen molar-refractivity contribution in [3.8, 4) is 0 Å². The van der Waals surface area contributed by atoms with E-state index in [2.05, 4.69) is 0 Å². The van der Waals surface area contributed by atoms with Crippen LogP contribution >= 0.6 is 11.6 Å². The van der Waals surface area contributed by atoms with E-state index in [9.17, 15) is 9.59 Å². The van der Waals surface area contributed by atoms with Crippen LogP contribution < -0.4 is 0 Å². The molecule has 16 heavy (non-hydrogen) atoms. The van der Waals surface area contributed by atoms with Gasteiger partial charge in [0, 0.05) is 18.8 Å². The molecule has 0 aromatic rings. The summed E-state index contributed by atoms with van der Waals surface area (Å²) < 4.78 is 0. The Balaban J connectivity index is 2.71. The van der Waals surface area contributed by atoms with E-state index in [4.69, 9.17) is 16.7 Å². The summed E-state index contributed by atoms with van der Waals surface area (Å²) in [5.41, 5.74) is 0. The molecule has 0 bridgehead atoms. The molecule has 4 nitrogen and oxygen atoms in total. The number of carbonyl (C=O) groups is 2. The summed E-state index contributed by atoms with van der Waals surface area (Å²) in [6.07, 6.45) is 0.876. The van der Waals surface area contributed by atoms with Crippen LogP contribution in [0.5, 0.6) is 0 Å². The lowest BCUT2D eigenvalue weighted by atomic mass is 10.0. The summed E-state index contributed by atoms with van der Waals surface area (Å²) in [6, 6.07) is -0.694. The largest absolute Gasteiger partial charge is 0.480 e. The standard InChI is InChI=1S/C11H18ClNO3/c1-7(2)3-9(11(15)16)13-6-8(5-12)4-10(13)14/h7-9H,3-6H2,1-2H3,(H,15,16)/t8?,9-/m0/s1. The Hall–Kier alpha value is -0.770. The first-order valence-electron chi connectivity index (χ1n) is 5.54. The third-order valence-electron chi connectivity index (χ3n) is 2.81. The highest BCUT2D eigenvalue weighted by Crippen LogP contribution is 2.24. The molecule has 1 aliphatic rings. The smallest absolute Gasteiger partial charge is 0.326 e. The van der Waals surface area contributed by atoms with Crippen molar-refractivity contribution in [1.29, 1.82) is 0 Å². The Labute approximate surface area is 101 Å². The van der Waals surface area contributed by atoms with E-state index >= 15 is 0 Å². The van der Waals surface area contributed by atoms with Gasteiger partial charge in [-0.25, -0.2) is 4.79 Å². The predicted molar refractivity (Wildman–Crippen MR) is 61.4 cm³/mol. The van der Waals surface area contributed by atoms with E-state index in [-0.39, 0.29) is 17.7 Å². The number of rotatable bonds is 5. The lowest BCUT2D eigenvalue weighted by molar-refractivity contribution is -0.149. The minimum Gasteiger partial charge on any atom is -0.480 e. The lowest BCUT2D eigenvalue weighted by Gasteiger charge is -2.25. The fraction of sp³-hybridized carbons (Fsp3) is 0.818. The fourth-order valence-electron chi connectivity index (χ4n) is 2.02. The van der Waals surface area contributed by atoms with Crippen molar-refractivity contribution >= 4 is 23.5 Å². The molecule has 2 atom stereocenters. The zero-order valence-electron chi connectivity index (χ0n) is 9.65. The van der Waals surface area contributed by atoms with Crippen LogP contribution in [0, 0.1) is 11.8 Å². The average molecular weight is 248 g/mol. The third-order valence-corrected chi connectivity index (χ3v) is 3.25. The number of nitrogens with zero attached hydrogens (tertiary/aromatic N) is 1. The second-order valence-electron chi connectivity index (χ2n) is 4.75. The molecule has 1 saturated heterocycles. The Morgan fingerprint density at radius 1 is 1.62 bits per heavy atom. The summed E-state index contributed by atoms with van der Waals surface area (Å²) in [5, 5.41) is 9.13. The van der Waals surface area contributed by atoms with Crippen molar-refractivity contribution in [1.82, 2.24) is 4.90 Å². The molecule has 0 radical (unpaired) electrons. The third kappa shape index (κ3) is 3.11. The highest BCUT2D eigenvalue weighted by atomic mass is 35.5. The number of alkyl halides is 1. The van der Waals surface area contributed by atoms with Crippen LogP contribution in [0.4, 0.5) is 0 Å². The van der Waals surface area contributed by atoms with Gasteiger partial charge in [-0.1, -0.05) is 13.8 Å². The van der Waals surface area contributed by atoms with Gasteiger partial charge in [0.15, 0.2) is 0 Å². The summed E-state index contributed by atoms with van der Waals surface area (Å²) in [6.45, 7) is 4.39. The highest BCUT2D eigenvalue weighted by Gasteiger charge is 2.37. The topological polar surface area (TPSA) is 57.6 Å². The maximum absolute atomic E-state index is 11.7. The Bertz CT molecular complexity index is 280. The van der Waals surface area contributed by atoms with Gasteiger partial charge in [-0.15, -0.1) is 11.6 Å². The minimum atomic E-state index is -0.919. The SMILES string of the molecule is CC(C)C[C@@H](C(=O)O)N1CC(CCl)CC1=O. The van der Waals surface area contributed by atoms with E-state index in [1.807, 2.05) is 13.8 Å². The molecule has 0 spiro atoms. The van der Waals surface area contributed by atoms with Crippen LogP contribution in [0.2, 0.25) is 0 Å². The number of amides is 1. The molecule has 1 aliphatic heterocycles. The van der Waals surface area contributed by atoms with Crippen molar-refractivity contribution in [3.05, 3.63) is 0 Å². The van der Waals surface area contributed by atoms with Gasteiger partial charge in [0.1, 0.15) is 6.04 Å². The number of halogens is 1. The van der Waals surface area contributed by atoms with Crippen molar-refractivity contribution < 1.29 is 14.7 Å². The molecule has 92 valence electrons. The van der Waals surface area contributed by atoms with Crippen LogP contribution in [0.15, 0.2) is 0 Å². The molecular formula is C11H18ClNO3. The van der Waals surface area contributed by atoms with Gasteiger partial charge in [0.25, 0.3) is 0 Å². The van der Waals surface area contributed by atoms with Gasteiger partial charge in [-0.05, 0) is 18.3 Å². The van der Waals surface area contributed by atoms with Gasteiger partial charge in [0.2, 0.25) is 5.91 Å². The van der Waals surface area contributed by atoms with Crippen LogP contribution in [0.3, 0.4) is 0 Å². The van der Waals surface area contributed by atoms with E-state index < -0.39 is 12.0 Å². The van der Waals surface area contributed by atoms with Crippen LogP contribution in [0.25, 0.3) is 0 Å². The molecule has 5 heteroatoms. The predicted octanol–water partition coefficient (Wildman–Crippen LogP) is 1.57. The number of likely N-dealkylation sites (tertiary alicyclic amines) is 1. The molecule has 1 amide bonds. The monoisotopic (exact) mass is 247 g/mol. The summed E-state index contributed by atoms with van der Waals surface area (Å²) in [5.74, 6) is -0.237. The number of carboxylic acid groups (broad SMARTS) is 1. The number of hydrogen-bond donors (Lipinski definition) is 1. The van der Waals surface area contributed by atoms with E-state index in [0.717, 1.165) is 0 Å². The average Bonchev–Trinajstić information content (AvgIpc) is 2.55. The molecule has 0 aliphatic carbocycles. The first-order valence-corrected chi connectivity index (χ1v) is 6.07. The van der Waals surface area contributed by atoms with Gasteiger partial charge in [-0.2, -0.15) is 0 Å². The minimum absolute atomic E-state index is 0.0845. The first-order chi connectivity index (χ1) is 7.45. The van der Waals surface area contributed by atoms with Gasteiger partial charge in [0.05, 0.1) is 0 Å². The quantitative estimate of drug-likeness (QED) is 0.751. The summed E-state index contributed by atoms with van der Waals surface area (Å²) in [4.78, 5) is 24.3. The molecular weight excluding hydrogens is 230 g/mol. The summed E-state index contributed by atoms with van der Waals surface area (Å²) in [7, 11) is 0. The van der Waals surface area contributed by atoms with Crippen molar-refractivity contribution in [2.45, 2.75) is 32.7 Å².